The van der Waals surface area contributed by atoms with E-state index in [1.165, 1.54) is 27.4 Å². The van der Waals surface area contributed by atoms with E-state index in [1.54, 1.807) is 0 Å². The van der Waals surface area contributed by atoms with Gasteiger partial charge in [0.25, 0.3) is 5.69 Å². The van der Waals surface area contributed by atoms with Crippen LogP contribution < -0.4 is 18.9 Å². The summed E-state index contributed by atoms with van der Waals surface area (Å²) in [6, 6.07) is 5.63. The molecule has 0 N–H and O–H groups in total. The Hall–Kier alpha value is -3.93. The summed E-state index contributed by atoms with van der Waals surface area (Å²) in [6.07, 6.45) is 0. The van der Waals surface area contributed by atoms with Crippen LogP contribution in [0.15, 0.2) is 30.3 Å². The summed E-state index contributed by atoms with van der Waals surface area (Å²) in [5.41, 5.74) is -1.64. The molecule has 0 aromatic heterocycles. The van der Waals surface area contributed by atoms with Crippen LogP contribution in [-0.4, -0.2) is 50.4 Å². The highest BCUT2D eigenvalue weighted by Gasteiger charge is 2.28. The van der Waals surface area contributed by atoms with Crippen molar-refractivity contribution in [1.29, 1.82) is 0 Å². The molecule has 0 bridgehead atoms. The van der Waals surface area contributed by atoms with Gasteiger partial charge in [0.1, 0.15) is 17.9 Å². The molecule has 30 heavy (non-hydrogen) atoms. The fraction of sp³-hybridized carbons (Fsp3) is 0.278. The van der Waals surface area contributed by atoms with Crippen molar-refractivity contribution in [3.63, 3.8) is 0 Å². The van der Waals surface area contributed by atoms with Crippen molar-refractivity contribution in [3.8, 4) is 23.0 Å². The van der Waals surface area contributed by atoms with Gasteiger partial charge in [0.05, 0.1) is 42.8 Å². The third-order valence-corrected chi connectivity index (χ3v) is 3.81. The first-order chi connectivity index (χ1) is 14.3. The van der Waals surface area contributed by atoms with Crippen LogP contribution in [-0.2, 0) is 4.74 Å². The fourth-order valence-corrected chi connectivity index (χ4v) is 2.38. The second kappa shape index (κ2) is 10.0. The highest BCUT2D eigenvalue weighted by atomic mass is 16.6. The van der Waals surface area contributed by atoms with E-state index in [4.69, 9.17) is 23.7 Å². The van der Waals surface area contributed by atoms with Gasteiger partial charge in [-0.05, 0) is 12.1 Å². The van der Waals surface area contributed by atoms with Crippen molar-refractivity contribution in [2.24, 2.45) is 0 Å². The first-order valence-corrected chi connectivity index (χ1v) is 8.35. The number of esters is 1. The Labute approximate surface area is 170 Å². The molecule has 0 radical (unpaired) electrons. The molecule has 2 aromatic carbocycles. The maximum atomic E-state index is 12.6. The number of ether oxygens (including phenoxy) is 5. The van der Waals surface area contributed by atoms with Crippen molar-refractivity contribution in [2.75, 3.05) is 34.5 Å². The van der Waals surface area contributed by atoms with Crippen LogP contribution in [0, 0.1) is 20.2 Å². The van der Waals surface area contributed by atoms with E-state index in [-0.39, 0.29) is 30.5 Å². The minimum Gasteiger partial charge on any atom is -0.496 e. The summed E-state index contributed by atoms with van der Waals surface area (Å²) in [7, 11) is 4.06. The first kappa shape index (κ1) is 22.4. The van der Waals surface area contributed by atoms with E-state index in [1.807, 2.05) is 0 Å². The average molecular weight is 422 g/mol. The van der Waals surface area contributed by atoms with Crippen LogP contribution in [0.4, 0.5) is 11.4 Å². The molecule has 0 aliphatic heterocycles. The van der Waals surface area contributed by atoms with Crippen molar-refractivity contribution >= 4 is 17.3 Å². The maximum Gasteiger partial charge on any atom is 0.350 e. The van der Waals surface area contributed by atoms with E-state index in [2.05, 4.69) is 0 Å². The Bertz CT molecular complexity index is 960. The van der Waals surface area contributed by atoms with Crippen molar-refractivity contribution < 1.29 is 38.3 Å². The number of methoxy groups -OCH3 is 3. The zero-order valence-corrected chi connectivity index (χ0v) is 16.3. The number of carbonyl (C=O) groups is 1. The smallest absolute Gasteiger partial charge is 0.350 e. The molecule has 0 aliphatic carbocycles. The number of nitro groups is 2. The summed E-state index contributed by atoms with van der Waals surface area (Å²) in [5, 5.41) is 22.7. The second-order valence-corrected chi connectivity index (χ2v) is 5.60. The number of nitro benzene ring substituents is 2. The number of carbonyl (C=O) groups excluding carboxylic acids is 1. The van der Waals surface area contributed by atoms with E-state index in [0.717, 1.165) is 24.3 Å². The third kappa shape index (κ3) is 5.11. The van der Waals surface area contributed by atoms with Crippen LogP contribution in [0.3, 0.4) is 0 Å². The van der Waals surface area contributed by atoms with Crippen LogP contribution in [0.1, 0.15) is 10.4 Å². The summed E-state index contributed by atoms with van der Waals surface area (Å²) in [4.78, 5) is 33.8. The Balaban J connectivity index is 2.44. The van der Waals surface area contributed by atoms with Gasteiger partial charge in [0, 0.05) is 13.2 Å². The second-order valence-electron chi connectivity index (χ2n) is 5.60. The molecule has 0 saturated heterocycles. The zero-order chi connectivity index (χ0) is 22.3. The number of benzene rings is 2. The van der Waals surface area contributed by atoms with Crippen molar-refractivity contribution in [2.45, 2.75) is 0 Å². The lowest BCUT2D eigenvalue weighted by molar-refractivity contribution is -0.386. The molecule has 0 spiro atoms. The normalized spacial score (nSPS) is 10.2. The van der Waals surface area contributed by atoms with Crippen LogP contribution in [0.5, 0.6) is 23.0 Å². The van der Waals surface area contributed by atoms with Gasteiger partial charge in [-0.15, -0.1) is 0 Å². The molecule has 0 atom stereocenters. The Morgan fingerprint density at radius 2 is 1.57 bits per heavy atom. The maximum absolute atomic E-state index is 12.6. The predicted molar refractivity (Wildman–Crippen MR) is 102 cm³/mol. The van der Waals surface area contributed by atoms with E-state index >= 15 is 0 Å². The molecular weight excluding hydrogens is 404 g/mol. The zero-order valence-electron chi connectivity index (χ0n) is 16.3. The molecule has 0 unspecified atom stereocenters. The summed E-state index contributed by atoms with van der Waals surface area (Å²) < 4.78 is 25.3. The number of hydrogen-bond acceptors (Lipinski definition) is 10. The Kier molecular flexibility index (Phi) is 7.47. The lowest BCUT2D eigenvalue weighted by atomic mass is 10.1. The molecular formula is C18H18N2O10. The van der Waals surface area contributed by atoms with Gasteiger partial charge in [-0.1, -0.05) is 0 Å². The van der Waals surface area contributed by atoms with Gasteiger partial charge in [0.15, 0.2) is 11.5 Å². The van der Waals surface area contributed by atoms with E-state index < -0.39 is 38.5 Å². The van der Waals surface area contributed by atoms with Crippen molar-refractivity contribution in [3.05, 3.63) is 56.1 Å². The monoisotopic (exact) mass is 422 g/mol. The predicted octanol–water partition coefficient (Wildman–Crippen LogP) is 2.76. The molecule has 0 amide bonds. The number of rotatable bonds is 10. The lowest BCUT2D eigenvalue weighted by Gasteiger charge is -2.12. The van der Waals surface area contributed by atoms with Gasteiger partial charge in [0.2, 0.25) is 5.75 Å². The van der Waals surface area contributed by atoms with Gasteiger partial charge < -0.3 is 23.7 Å². The fourth-order valence-electron chi connectivity index (χ4n) is 2.38. The van der Waals surface area contributed by atoms with Crippen LogP contribution in [0.2, 0.25) is 0 Å². The van der Waals surface area contributed by atoms with Crippen molar-refractivity contribution in [1.82, 2.24) is 0 Å². The van der Waals surface area contributed by atoms with Crippen LogP contribution in [0.25, 0.3) is 0 Å². The highest BCUT2D eigenvalue weighted by molar-refractivity contribution is 5.96. The minimum atomic E-state index is -1.18. The Morgan fingerprint density at radius 1 is 0.867 bits per heavy atom. The summed E-state index contributed by atoms with van der Waals surface area (Å²) >= 11 is 0. The quantitative estimate of drug-likeness (QED) is 0.184. The van der Waals surface area contributed by atoms with Gasteiger partial charge in [-0.3, -0.25) is 20.2 Å². The molecule has 0 heterocycles. The standard InChI is InChI=1S/C18H18N2O10/c1-26-6-7-29-17-10-13(19(22)23)12(9-16(17)28-3)18(21)30-15-5-4-11(27-2)8-14(15)20(24)25/h4-5,8-10H,6-7H2,1-3H3. The summed E-state index contributed by atoms with van der Waals surface area (Å²) in [6.45, 7) is 0.313. The molecule has 2 rings (SSSR count). The van der Waals surface area contributed by atoms with Gasteiger partial charge in [-0.2, -0.15) is 0 Å². The number of hydrogen-bond donors (Lipinski definition) is 0. The topological polar surface area (TPSA) is 150 Å². The third-order valence-electron chi connectivity index (χ3n) is 3.81. The molecule has 12 nitrogen and oxygen atoms in total. The molecule has 0 aliphatic rings. The lowest BCUT2D eigenvalue weighted by Crippen LogP contribution is -2.13. The van der Waals surface area contributed by atoms with E-state index in [9.17, 15) is 25.0 Å². The van der Waals surface area contributed by atoms with Crippen LogP contribution >= 0.6 is 0 Å². The largest absolute Gasteiger partial charge is 0.496 e. The molecule has 2 aromatic rings. The van der Waals surface area contributed by atoms with Gasteiger partial charge >= 0.3 is 11.7 Å². The molecule has 160 valence electrons. The average Bonchev–Trinajstić information content (AvgIpc) is 2.73. The molecule has 12 heteroatoms. The molecule has 0 fully saturated rings. The summed E-state index contributed by atoms with van der Waals surface area (Å²) in [5.74, 6) is -1.36. The highest BCUT2D eigenvalue weighted by Crippen LogP contribution is 2.37. The Morgan fingerprint density at radius 3 is 2.13 bits per heavy atom. The van der Waals surface area contributed by atoms with E-state index in [0.29, 0.717) is 0 Å². The first-order valence-electron chi connectivity index (χ1n) is 8.35. The number of nitrogens with zero attached hydrogens (tertiary/aromatic N) is 2. The molecule has 0 saturated carbocycles. The van der Waals surface area contributed by atoms with Gasteiger partial charge in [-0.25, -0.2) is 4.79 Å². The minimum absolute atomic E-state index is 0.0215. The SMILES string of the molecule is COCCOc1cc([N+](=O)[O-])c(C(=O)Oc2ccc(OC)cc2[N+](=O)[O-])cc1OC.